The number of halogens is 2. The highest BCUT2D eigenvalue weighted by Crippen LogP contribution is 2.29. The lowest BCUT2D eigenvalue weighted by Gasteiger charge is -2.36. The molecule has 0 aromatic heterocycles. The van der Waals surface area contributed by atoms with Gasteiger partial charge in [0, 0.05) is 24.8 Å². The van der Waals surface area contributed by atoms with Gasteiger partial charge in [0.05, 0.1) is 10.0 Å². The van der Waals surface area contributed by atoms with Crippen molar-refractivity contribution < 1.29 is 0 Å². The van der Waals surface area contributed by atoms with Crippen molar-refractivity contribution in [1.82, 2.24) is 0 Å². The summed E-state index contributed by atoms with van der Waals surface area (Å²) in [5.41, 5.74) is 7.13. The second kappa shape index (κ2) is 4.82. The van der Waals surface area contributed by atoms with Gasteiger partial charge in [-0.15, -0.1) is 0 Å². The van der Waals surface area contributed by atoms with E-state index in [1.54, 1.807) is 0 Å². The molecule has 1 saturated heterocycles. The molecule has 4 heteroatoms. The quantitative estimate of drug-likeness (QED) is 0.839. The fourth-order valence-corrected chi connectivity index (χ4v) is 2.37. The van der Waals surface area contributed by atoms with Crippen LogP contribution in [-0.2, 0) is 0 Å². The van der Waals surface area contributed by atoms with Crippen molar-refractivity contribution in [3.8, 4) is 0 Å². The molecular formula is C12H16Cl2N2. The van der Waals surface area contributed by atoms with E-state index in [0.717, 1.165) is 25.2 Å². The lowest BCUT2D eigenvalue weighted by molar-refractivity contribution is 0.383. The molecule has 1 aromatic carbocycles. The molecule has 0 saturated carbocycles. The fourth-order valence-electron chi connectivity index (χ4n) is 2.08. The van der Waals surface area contributed by atoms with Crippen molar-refractivity contribution in [2.45, 2.75) is 19.4 Å². The molecule has 0 aliphatic carbocycles. The molecular weight excluding hydrogens is 243 g/mol. The van der Waals surface area contributed by atoms with E-state index in [9.17, 15) is 0 Å². The van der Waals surface area contributed by atoms with Crippen molar-refractivity contribution in [1.29, 1.82) is 0 Å². The topological polar surface area (TPSA) is 29.3 Å². The van der Waals surface area contributed by atoms with Crippen LogP contribution < -0.4 is 10.6 Å². The summed E-state index contributed by atoms with van der Waals surface area (Å²) in [5.74, 6) is 0.517. The maximum Gasteiger partial charge on any atom is 0.0612 e. The van der Waals surface area contributed by atoms with Crippen molar-refractivity contribution in [2.24, 2.45) is 11.7 Å². The van der Waals surface area contributed by atoms with Gasteiger partial charge >= 0.3 is 0 Å². The van der Waals surface area contributed by atoms with Crippen LogP contribution in [0.3, 0.4) is 0 Å². The molecule has 16 heavy (non-hydrogen) atoms. The summed E-state index contributed by atoms with van der Waals surface area (Å²) < 4.78 is 0. The van der Waals surface area contributed by atoms with Gasteiger partial charge in [0.15, 0.2) is 0 Å². The molecule has 0 radical (unpaired) electrons. The number of hydrogen-bond acceptors (Lipinski definition) is 2. The Labute approximate surface area is 106 Å². The minimum absolute atomic E-state index is 0.319. The van der Waals surface area contributed by atoms with Crippen LogP contribution in [-0.4, -0.2) is 19.1 Å². The van der Waals surface area contributed by atoms with Gasteiger partial charge in [-0.2, -0.15) is 0 Å². The van der Waals surface area contributed by atoms with Crippen LogP contribution in [0.25, 0.3) is 0 Å². The Morgan fingerprint density at radius 2 is 2.06 bits per heavy atom. The monoisotopic (exact) mass is 258 g/mol. The second-order valence-corrected chi connectivity index (χ2v) is 5.29. The summed E-state index contributed by atoms with van der Waals surface area (Å²) in [7, 11) is 0. The highest BCUT2D eigenvalue weighted by Gasteiger charge is 2.23. The third-order valence-electron chi connectivity index (χ3n) is 3.24. The average Bonchev–Trinajstić information content (AvgIpc) is 2.26. The number of nitrogens with two attached hydrogens (primary N) is 1. The number of piperidine rings is 1. The molecule has 2 atom stereocenters. The van der Waals surface area contributed by atoms with Crippen molar-refractivity contribution in [3.63, 3.8) is 0 Å². The van der Waals surface area contributed by atoms with Gasteiger partial charge in [-0.05, 0) is 30.5 Å². The van der Waals surface area contributed by atoms with Gasteiger partial charge in [0.2, 0.25) is 0 Å². The van der Waals surface area contributed by atoms with Crippen molar-refractivity contribution >= 4 is 28.9 Å². The zero-order chi connectivity index (χ0) is 11.7. The Kier molecular flexibility index (Phi) is 3.63. The van der Waals surface area contributed by atoms with Gasteiger partial charge in [-0.1, -0.05) is 30.1 Å². The summed E-state index contributed by atoms with van der Waals surface area (Å²) in [6.45, 7) is 4.16. The fraction of sp³-hybridized carbons (Fsp3) is 0.500. The number of rotatable bonds is 1. The first-order chi connectivity index (χ1) is 7.58. The van der Waals surface area contributed by atoms with Crippen LogP contribution in [0, 0.1) is 5.92 Å². The number of benzene rings is 1. The minimum atomic E-state index is 0.319. The van der Waals surface area contributed by atoms with Crippen molar-refractivity contribution in [2.75, 3.05) is 18.0 Å². The molecule has 2 rings (SSSR count). The summed E-state index contributed by atoms with van der Waals surface area (Å²) in [5, 5.41) is 1.22. The largest absolute Gasteiger partial charge is 0.371 e. The van der Waals surface area contributed by atoms with Gasteiger partial charge in [0.1, 0.15) is 0 Å². The predicted molar refractivity (Wildman–Crippen MR) is 70.4 cm³/mol. The first-order valence-corrected chi connectivity index (χ1v) is 6.29. The Morgan fingerprint density at radius 3 is 2.69 bits per heavy atom. The average molecular weight is 259 g/mol. The Hall–Kier alpha value is -0.440. The first kappa shape index (κ1) is 12.0. The molecule has 1 heterocycles. The molecule has 1 aliphatic rings. The minimum Gasteiger partial charge on any atom is -0.371 e. The highest BCUT2D eigenvalue weighted by molar-refractivity contribution is 6.42. The molecule has 1 aromatic rings. The van der Waals surface area contributed by atoms with Crippen LogP contribution >= 0.6 is 23.2 Å². The first-order valence-electron chi connectivity index (χ1n) is 5.53. The Bertz CT molecular complexity index is 381. The SMILES string of the molecule is C[C@@H]1CN(c2ccc(Cl)c(Cl)c2)CCC1N. The van der Waals surface area contributed by atoms with Crippen LogP contribution in [0.1, 0.15) is 13.3 Å². The number of hydrogen-bond donors (Lipinski definition) is 1. The Morgan fingerprint density at radius 1 is 1.31 bits per heavy atom. The standard InChI is InChI=1S/C12H16Cl2N2/c1-8-7-16(5-4-12(8)15)9-2-3-10(13)11(14)6-9/h2-3,6,8,12H,4-5,7,15H2,1H3/t8-,12?/m1/s1. The van der Waals surface area contributed by atoms with Gasteiger partial charge in [-0.3, -0.25) is 0 Å². The van der Waals surface area contributed by atoms with Crippen molar-refractivity contribution in [3.05, 3.63) is 28.2 Å². The second-order valence-electron chi connectivity index (χ2n) is 4.47. The summed E-state index contributed by atoms with van der Waals surface area (Å²) >= 11 is 11.9. The Balaban J connectivity index is 2.15. The van der Waals surface area contributed by atoms with E-state index < -0.39 is 0 Å². The van der Waals surface area contributed by atoms with Crippen LogP contribution in [0.4, 0.5) is 5.69 Å². The van der Waals surface area contributed by atoms with Crippen LogP contribution in [0.5, 0.6) is 0 Å². The van der Waals surface area contributed by atoms with E-state index in [2.05, 4.69) is 11.8 Å². The molecule has 1 unspecified atom stereocenters. The van der Waals surface area contributed by atoms with E-state index in [-0.39, 0.29) is 0 Å². The van der Waals surface area contributed by atoms with Gasteiger partial charge < -0.3 is 10.6 Å². The van der Waals surface area contributed by atoms with Gasteiger partial charge in [-0.25, -0.2) is 0 Å². The lowest BCUT2D eigenvalue weighted by Crippen LogP contribution is -2.45. The van der Waals surface area contributed by atoms with Gasteiger partial charge in [0.25, 0.3) is 0 Å². The highest BCUT2D eigenvalue weighted by atomic mass is 35.5. The maximum atomic E-state index is 6.01. The molecule has 0 bridgehead atoms. The molecule has 2 N–H and O–H groups in total. The molecule has 1 fully saturated rings. The molecule has 88 valence electrons. The van der Waals surface area contributed by atoms with Crippen LogP contribution in [0.2, 0.25) is 10.0 Å². The van der Waals surface area contributed by atoms with E-state index in [1.807, 2.05) is 18.2 Å². The van der Waals surface area contributed by atoms with E-state index >= 15 is 0 Å². The number of anilines is 1. The molecule has 1 aliphatic heterocycles. The van der Waals surface area contributed by atoms with Crippen LogP contribution in [0.15, 0.2) is 18.2 Å². The molecule has 0 spiro atoms. The normalized spacial score (nSPS) is 25.9. The zero-order valence-corrected chi connectivity index (χ0v) is 10.8. The molecule has 2 nitrogen and oxygen atoms in total. The van der Waals surface area contributed by atoms with E-state index in [1.165, 1.54) is 0 Å². The number of nitrogens with zero attached hydrogens (tertiary/aromatic N) is 1. The summed E-state index contributed by atoms with van der Waals surface area (Å²) in [6.07, 6.45) is 1.03. The lowest BCUT2D eigenvalue weighted by atomic mass is 9.94. The maximum absolute atomic E-state index is 6.01. The predicted octanol–water partition coefficient (Wildman–Crippen LogP) is 3.17. The zero-order valence-electron chi connectivity index (χ0n) is 9.29. The third kappa shape index (κ3) is 2.45. The summed E-state index contributed by atoms with van der Waals surface area (Å²) in [6, 6.07) is 6.10. The third-order valence-corrected chi connectivity index (χ3v) is 3.98. The molecule has 0 amide bonds. The van der Waals surface area contributed by atoms with E-state index in [4.69, 9.17) is 28.9 Å². The van der Waals surface area contributed by atoms with E-state index in [0.29, 0.717) is 22.0 Å². The smallest absolute Gasteiger partial charge is 0.0612 e. The summed E-state index contributed by atoms with van der Waals surface area (Å²) in [4.78, 5) is 2.32.